The van der Waals surface area contributed by atoms with Crippen molar-refractivity contribution in [1.29, 1.82) is 0 Å². The second-order valence-electron chi connectivity index (χ2n) is 5.43. The Kier molecular flexibility index (Phi) is 6.57. The molecule has 3 heteroatoms. The molecule has 0 spiro atoms. The fraction of sp³-hybridized carbons (Fsp3) is 0.562. The highest BCUT2D eigenvalue weighted by atomic mass is 16.5. The number of hydrogen-bond acceptors (Lipinski definition) is 3. The van der Waals surface area contributed by atoms with E-state index in [-0.39, 0.29) is 18.5 Å². The van der Waals surface area contributed by atoms with Crippen LogP contribution in [0, 0.1) is 5.92 Å². The Morgan fingerprint density at radius 1 is 1.21 bits per heavy atom. The first-order valence-corrected chi connectivity index (χ1v) is 6.82. The average molecular weight is 264 g/mol. The van der Waals surface area contributed by atoms with Crippen LogP contribution in [0.25, 0.3) is 0 Å². The first-order chi connectivity index (χ1) is 8.97. The summed E-state index contributed by atoms with van der Waals surface area (Å²) in [6.07, 6.45) is 0.482. The lowest BCUT2D eigenvalue weighted by molar-refractivity contribution is -0.124. The van der Waals surface area contributed by atoms with Gasteiger partial charge in [-0.1, -0.05) is 26.0 Å². The molecule has 0 aliphatic heterocycles. The zero-order valence-corrected chi connectivity index (χ0v) is 12.3. The van der Waals surface area contributed by atoms with Gasteiger partial charge in [-0.2, -0.15) is 0 Å². The van der Waals surface area contributed by atoms with Gasteiger partial charge in [-0.3, -0.25) is 4.79 Å². The zero-order valence-electron chi connectivity index (χ0n) is 12.3. The molecule has 0 saturated heterocycles. The number of benzene rings is 1. The first-order valence-electron chi connectivity index (χ1n) is 6.82. The third-order valence-electron chi connectivity index (χ3n) is 2.46. The summed E-state index contributed by atoms with van der Waals surface area (Å²) in [4.78, 5) is 11.7. The monoisotopic (exact) mass is 264 g/mol. The van der Waals surface area contributed by atoms with Gasteiger partial charge < -0.3 is 9.47 Å². The zero-order chi connectivity index (χ0) is 14.3. The molecule has 0 aromatic heterocycles. The molecule has 1 aromatic rings. The Morgan fingerprint density at radius 3 is 2.58 bits per heavy atom. The number of carbonyl (C=O) groups is 1. The molecular weight excluding hydrogens is 240 g/mol. The fourth-order valence-corrected chi connectivity index (χ4v) is 1.55. The fourth-order valence-electron chi connectivity index (χ4n) is 1.55. The number of hydrogen-bond donors (Lipinski definition) is 0. The van der Waals surface area contributed by atoms with Gasteiger partial charge >= 0.3 is 0 Å². The van der Waals surface area contributed by atoms with E-state index in [1.807, 2.05) is 38.1 Å². The summed E-state index contributed by atoms with van der Waals surface area (Å²) >= 11 is 0. The first kappa shape index (κ1) is 15.7. The molecule has 0 atom stereocenters. The number of Topliss-reactive ketones (excluding diaryl/α,β-unsaturated/α-hetero) is 1. The van der Waals surface area contributed by atoms with E-state index in [4.69, 9.17) is 9.47 Å². The van der Waals surface area contributed by atoms with Crippen molar-refractivity contribution in [3.8, 4) is 5.75 Å². The van der Waals surface area contributed by atoms with E-state index in [0.717, 1.165) is 11.3 Å². The van der Waals surface area contributed by atoms with E-state index in [9.17, 15) is 4.79 Å². The van der Waals surface area contributed by atoms with Crippen LogP contribution in [-0.2, 0) is 16.0 Å². The van der Waals surface area contributed by atoms with Gasteiger partial charge in [0, 0.05) is 6.42 Å². The predicted octanol–water partition coefficient (Wildman–Crippen LogP) is 3.26. The van der Waals surface area contributed by atoms with Gasteiger partial charge in [0.05, 0.1) is 12.7 Å². The summed E-state index contributed by atoms with van der Waals surface area (Å²) < 4.78 is 10.9. The largest absolute Gasteiger partial charge is 0.493 e. The minimum atomic E-state index is 0.0876. The standard InChI is InChI=1S/C16H24O3/c1-12(2)10-19-16-7-5-6-14(9-16)8-15(17)11-18-13(3)4/h5-7,9,12-13H,8,10-11H2,1-4H3. The Labute approximate surface area is 115 Å². The van der Waals surface area contributed by atoms with E-state index in [1.165, 1.54) is 0 Å². The summed E-state index contributed by atoms with van der Waals surface area (Å²) in [7, 11) is 0. The van der Waals surface area contributed by atoms with Gasteiger partial charge in [-0.05, 0) is 37.5 Å². The van der Waals surface area contributed by atoms with E-state index >= 15 is 0 Å². The van der Waals surface area contributed by atoms with Gasteiger partial charge in [0.15, 0.2) is 5.78 Å². The summed E-state index contributed by atoms with van der Waals surface area (Å²) in [5, 5.41) is 0. The van der Waals surface area contributed by atoms with Crippen molar-refractivity contribution in [2.45, 2.75) is 40.2 Å². The molecule has 0 fully saturated rings. The van der Waals surface area contributed by atoms with E-state index < -0.39 is 0 Å². The van der Waals surface area contributed by atoms with Crippen LogP contribution >= 0.6 is 0 Å². The molecule has 0 radical (unpaired) electrons. The number of carbonyl (C=O) groups excluding carboxylic acids is 1. The van der Waals surface area contributed by atoms with E-state index in [1.54, 1.807) is 0 Å². The molecule has 0 N–H and O–H groups in total. The van der Waals surface area contributed by atoms with Crippen LogP contribution in [0.4, 0.5) is 0 Å². The SMILES string of the molecule is CC(C)COc1cccc(CC(=O)COC(C)C)c1. The molecule has 1 rings (SSSR count). The Morgan fingerprint density at radius 2 is 1.95 bits per heavy atom. The Hall–Kier alpha value is -1.35. The van der Waals surface area contributed by atoms with Crippen LogP contribution < -0.4 is 4.74 Å². The second-order valence-corrected chi connectivity index (χ2v) is 5.43. The normalized spacial score (nSPS) is 11.1. The molecular formula is C16H24O3. The van der Waals surface area contributed by atoms with Crippen LogP contribution in [0.1, 0.15) is 33.3 Å². The van der Waals surface area contributed by atoms with Crippen LogP contribution in [0.5, 0.6) is 5.75 Å². The molecule has 0 saturated carbocycles. The van der Waals surface area contributed by atoms with Crippen LogP contribution in [-0.4, -0.2) is 25.1 Å². The number of ketones is 1. The summed E-state index contributed by atoms with van der Waals surface area (Å²) in [5.41, 5.74) is 0.971. The van der Waals surface area contributed by atoms with Crippen molar-refractivity contribution in [3.63, 3.8) is 0 Å². The molecule has 0 aliphatic rings. The van der Waals surface area contributed by atoms with Crippen molar-refractivity contribution >= 4 is 5.78 Å². The van der Waals surface area contributed by atoms with Gasteiger partial charge in [-0.25, -0.2) is 0 Å². The molecule has 0 bridgehead atoms. The highest BCUT2D eigenvalue weighted by Gasteiger charge is 2.06. The predicted molar refractivity (Wildman–Crippen MR) is 76.6 cm³/mol. The smallest absolute Gasteiger partial charge is 0.162 e. The van der Waals surface area contributed by atoms with Crippen molar-refractivity contribution in [2.24, 2.45) is 5.92 Å². The number of ether oxygens (including phenoxy) is 2. The third kappa shape index (κ3) is 6.97. The average Bonchev–Trinajstić information content (AvgIpc) is 2.34. The van der Waals surface area contributed by atoms with E-state index in [2.05, 4.69) is 13.8 Å². The second kappa shape index (κ2) is 7.95. The van der Waals surface area contributed by atoms with Crippen molar-refractivity contribution in [1.82, 2.24) is 0 Å². The van der Waals surface area contributed by atoms with Crippen molar-refractivity contribution < 1.29 is 14.3 Å². The Balaban J connectivity index is 2.49. The molecule has 0 aliphatic carbocycles. The minimum Gasteiger partial charge on any atom is -0.493 e. The van der Waals surface area contributed by atoms with Gasteiger partial charge in [0.2, 0.25) is 0 Å². The molecule has 1 aromatic carbocycles. The summed E-state index contributed by atoms with van der Waals surface area (Å²) in [6.45, 7) is 8.93. The highest BCUT2D eigenvalue weighted by Crippen LogP contribution is 2.15. The molecule has 0 unspecified atom stereocenters. The maximum Gasteiger partial charge on any atom is 0.162 e. The summed E-state index contributed by atoms with van der Waals surface area (Å²) in [6, 6.07) is 7.70. The van der Waals surface area contributed by atoms with Gasteiger partial charge in [0.25, 0.3) is 0 Å². The number of rotatable bonds is 8. The lowest BCUT2D eigenvalue weighted by Crippen LogP contribution is -2.15. The highest BCUT2D eigenvalue weighted by molar-refractivity contribution is 5.82. The molecule has 0 heterocycles. The van der Waals surface area contributed by atoms with Crippen molar-refractivity contribution in [2.75, 3.05) is 13.2 Å². The minimum absolute atomic E-state index is 0.0876. The molecule has 0 amide bonds. The summed E-state index contributed by atoms with van der Waals surface area (Å²) in [5.74, 6) is 1.41. The topological polar surface area (TPSA) is 35.5 Å². The lowest BCUT2D eigenvalue weighted by Gasteiger charge is -2.10. The molecule has 19 heavy (non-hydrogen) atoms. The maximum absolute atomic E-state index is 11.7. The van der Waals surface area contributed by atoms with Crippen LogP contribution in [0.2, 0.25) is 0 Å². The lowest BCUT2D eigenvalue weighted by atomic mass is 10.1. The Bertz CT molecular complexity index is 397. The van der Waals surface area contributed by atoms with Gasteiger partial charge in [0.1, 0.15) is 12.4 Å². The molecule has 106 valence electrons. The maximum atomic E-state index is 11.7. The van der Waals surface area contributed by atoms with Crippen LogP contribution in [0.15, 0.2) is 24.3 Å². The quantitative estimate of drug-likeness (QED) is 0.723. The van der Waals surface area contributed by atoms with Gasteiger partial charge in [-0.15, -0.1) is 0 Å². The van der Waals surface area contributed by atoms with Crippen LogP contribution in [0.3, 0.4) is 0 Å². The van der Waals surface area contributed by atoms with Crippen molar-refractivity contribution in [3.05, 3.63) is 29.8 Å². The third-order valence-corrected chi connectivity index (χ3v) is 2.46. The van der Waals surface area contributed by atoms with E-state index in [0.29, 0.717) is 18.9 Å². The molecule has 3 nitrogen and oxygen atoms in total.